The minimum atomic E-state index is -0.969. The SMILES string of the molecule is CCC(=O)N[C@H](CSCC(C)(C)C)C(=O)O. The molecule has 0 fully saturated rings. The van der Waals surface area contributed by atoms with Crippen LogP contribution in [0.4, 0.5) is 0 Å². The van der Waals surface area contributed by atoms with Crippen LogP contribution < -0.4 is 5.32 Å². The number of aliphatic carboxylic acids is 1. The Morgan fingerprint density at radius 2 is 1.94 bits per heavy atom. The summed E-state index contributed by atoms with van der Waals surface area (Å²) in [5.41, 5.74) is 0.169. The lowest BCUT2D eigenvalue weighted by molar-refractivity contribution is -0.141. The first-order valence-electron chi connectivity index (χ1n) is 5.36. The fourth-order valence-corrected chi connectivity index (χ4v) is 2.15. The summed E-state index contributed by atoms with van der Waals surface area (Å²) in [6.07, 6.45) is 0.313. The number of amides is 1. The molecule has 2 N–H and O–H groups in total. The van der Waals surface area contributed by atoms with E-state index in [-0.39, 0.29) is 11.3 Å². The van der Waals surface area contributed by atoms with Gasteiger partial charge in [0.2, 0.25) is 5.91 Å². The summed E-state index contributed by atoms with van der Waals surface area (Å²) in [5.74, 6) is 0.101. The first-order chi connectivity index (χ1) is 7.26. The van der Waals surface area contributed by atoms with Gasteiger partial charge in [-0.05, 0) is 11.2 Å². The molecule has 0 saturated heterocycles. The molecule has 0 saturated carbocycles. The van der Waals surface area contributed by atoms with Crippen LogP contribution in [-0.4, -0.2) is 34.5 Å². The van der Waals surface area contributed by atoms with E-state index in [1.165, 1.54) is 0 Å². The summed E-state index contributed by atoms with van der Waals surface area (Å²) in [5, 5.41) is 11.4. The van der Waals surface area contributed by atoms with E-state index < -0.39 is 12.0 Å². The molecule has 0 aliphatic carbocycles. The molecule has 0 heterocycles. The quantitative estimate of drug-likeness (QED) is 0.750. The molecule has 1 atom stereocenters. The van der Waals surface area contributed by atoms with Gasteiger partial charge in [0.25, 0.3) is 0 Å². The average molecular weight is 247 g/mol. The van der Waals surface area contributed by atoms with Crippen LogP contribution in [0.3, 0.4) is 0 Å². The van der Waals surface area contributed by atoms with Gasteiger partial charge in [-0.3, -0.25) is 4.79 Å². The number of rotatable bonds is 6. The van der Waals surface area contributed by atoms with Crippen molar-refractivity contribution in [1.29, 1.82) is 0 Å². The molecule has 0 radical (unpaired) electrons. The van der Waals surface area contributed by atoms with Gasteiger partial charge >= 0.3 is 5.97 Å². The molecule has 1 amide bonds. The van der Waals surface area contributed by atoms with Crippen LogP contribution in [-0.2, 0) is 9.59 Å². The first kappa shape index (κ1) is 15.3. The third-order valence-electron chi connectivity index (χ3n) is 1.77. The summed E-state index contributed by atoms with van der Waals surface area (Å²) < 4.78 is 0. The number of carbonyl (C=O) groups excluding carboxylic acids is 1. The maximum atomic E-state index is 11.1. The van der Waals surface area contributed by atoms with Crippen LogP contribution in [0, 0.1) is 5.41 Å². The molecule has 0 spiro atoms. The topological polar surface area (TPSA) is 66.4 Å². The van der Waals surface area contributed by atoms with Crippen molar-refractivity contribution in [2.75, 3.05) is 11.5 Å². The van der Waals surface area contributed by atoms with Gasteiger partial charge in [-0.2, -0.15) is 11.8 Å². The molecule has 0 aliphatic heterocycles. The molecule has 94 valence electrons. The summed E-state index contributed by atoms with van der Waals surface area (Å²) in [6.45, 7) is 8.00. The molecular weight excluding hydrogens is 226 g/mol. The van der Waals surface area contributed by atoms with Crippen molar-refractivity contribution >= 4 is 23.6 Å². The van der Waals surface area contributed by atoms with Gasteiger partial charge < -0.3 is 10.4 Å². The van der Waals surface area contributed by atoms with E-state index in [0.29, 0.717) is 12.2 Å². The molecule has 0 bridgehead atoms. The van der Waals surface area contributed by atoms with Crippen molar-refractivity contribution in [1.82, 2.24) is 5.32 Å². The van der Waals surface area contributed by atoms with Gasteiger partial charge in [-0.15, -0.1) is 0 Å². The molecule has 0 aromatic carbocycles. The number of hydrogen-bond acceptors (Lipinski definition) is 3. The van der Waals surface area contributed by atoms with Gasteiger partial charge in [0.05, 0.1) is 0 Å². The molecule has 0 aromatic rings. The maximum absolute atomic E-state index is 11.1. The van der Waals surface area contributed by atoms with Gasteiger partial charge in [0, 0.05) is 12.2 Å². The predicted octanol–water partition coefficient (Wildman–Crippen LogP) is 1.75. The second-order valence-corrected chi connectivity index (χ2v) is 5.92. The Kier molecular flexibility index (Phi) is 6.48. The van der Waals surface area contributed by atoms with Crippen LogP contribution >= 0.6 is 11.8 Å². The van der Waals surface area contributed by atoms with Gasteiger partial charge in [-0.1, -0.05) is 27.7 Å². The Morgan fingerprint density at radius 1 is 1.38 bits per heavy atom. The lowest BCUT2D eigenvalue weighted by atomic mass is 10.0. The lowest BCUT2D eigenvalue weighted by Crippen LogP contribution is -2.42. The smallest absolute Gasteiger partial charge is 0.327 e. The molecule has 5 heteroatoms. The van der Waals surface area contributed by atoms with Crippen LogP contribution in [0.5, 0.6) is 0 Å². The highest BCUT2D eigenvalue weighted by Crippen LogP contribution is 2.20. The summed E-state index contributed by atoms with van der Waals surface area (Å²) in [7, 11) is 0. The van der Waals surface area contributed by atoms with E-state index in [1.807, 2.05) is 0 Å². The van der Waals surface area contributed by atoms with Gasteiger partial charge in [-0.25, -0.2) is 4.79 Å². The van der Waals surface area contributed by atoms with Crippen molar-refractivity contribution in [2.45, 2.75) is 40.2 Å². The highest BCUT2D eigenvalue weighted by molar-refractivity contribution is 7.99. The third kappa shape index (κ3) is 7.56. The predicted molar refractivity (Wildman–Crippen MR) is 66.6 cm³/mol. The highest BCUT2D eigenvalue weighted by atomic mass is 32.2. The molecule has 4 nitrogen and oxygen atoms in total. The molecule has 0 aromatic heterocycles. The molecule has 0 unspecified atom stereocenters. The fraction of sp³-hybridized carbons (Fsp3) is 0.818. The average Bonchev–Trinajstić information content (AvgIpc) is 2.13. The van der Waals surface area contributed by atoms with Gasteiger partial charge in [0.1, 0.15) is 6.04 Å². The minimum absolute atomic E-state index is 0.169. The molecule has 0 rings (SSSR count). The Labute approximate surface area is 101 Å². The van der Waals surface area contributed by atoms with Crippen LogP contribution in [0.2, 0.25) is 0 Å². The van der Waals surface area contributed by atoms with Crippen LogP contribution in [0.25, 0.3) is 0 Å². The van der Waals surface area contributed by atoms with E-state index in [9.17, 15) is 9.59 Å². The molecule has 16 heavy (non-hydrogen) atoms. The maximum Gasteiger partial charge on any atom is 0.327 e. The van der Waals surface area contributed by atoms with E-state index >= 15 is 0 Å². The zero-order valence-corrected chi connectivity index (χ0v) is 11.2. The van der Waals surface area contributed by atoms with Crippen molar-refractivity contribution in [3.8, 4) is 0 Å². The van der Waals surface area contributed by atoms with E-state index in [1.54, 1.807) is 18.7 Å². The Balaban J connectivity index is 4.05. The summed E-state index contributed by atoms with van der Waals surface area (Å²) in [4.78, 5) is 22.0. The largest absolute Gasteiger partial charge is 0.480 e. The summed E-state index contributed by atoms with van der Waals surface area (Å²) in [6, 6.07) is -0.778. The molecule has 0 aliphatic rings. The number of carboxylic acids is 1. The van der Waals surface area contributed by atoms with E-state index in [4.69, 9.17) is 5.11 Å². The number of nitrogens with one attached hydrogen (secondary N) is 1. The van der Waals surface area contributed by atoms with E-state index in [0.717, 1.165) is 5.75 Å². The second-order valence-electron chi connectivity index (χ2n) is 4.89. The Hall–Kier alpha value is -0.710. The first-order valence-corrected chi connectivity index (χ1v) is 6.51. The highest BCUT2D eigenvalue weighted by Gasteiger charge is 2.20. The fourth-order valence-electron chi connectivity index (χ4n) is 0.954. The monoisotopic (exact) mass is 247 g/mol. The zero-order valence-electron chi connectivity index (χ0n) is 10.4. The minimum Gasteiger partial charge on any atom is -0.480 e. The Morgan fingerprint density at radius 3 is 2.31 bits per heavy atom. The summed E-state index contributed by atoms with van der Waals surface area (Å²) >= 11 is 1.55. The number of hydrogen-bond donors (Lipinski definition) is 2. The van der Waals surface area contributed by atoms with Crippen molar-refractivity contribution in [2.24, 2.45) is 5.41 Å². The normalized spacial score (nSPS) is 13.2. The lowest BCUT2D eigenvalue weighted by Gasteiger charge is -2.19. The van der Waals surface area contributed by atoms with E-state index in [2.05, 4.69) is 26.1 Å². The molecular formula is C11H21NO3S. The van der Waals surface area contributed by atoms with Gasteiger partial charge in [0.15, 0.2) is 0 Å². The zero-order chi connectivity index (χ0) is 12.8. The number of thioether (sulfide) groups is 1. The van der Waals surface area contributed by atoms with Crippen molar-refractivity contribution in [3.05, 3.63) is 0 Å². The Bertz CT molecular complexity index is 248. The second kappa shape index (κ2) is 6.78. The number of carboxylic acid groups (broad SMARTS) is 1. The standard InChI is InChI=1S/C11H21NO3S/c1-5-9(13)12-8(10(14)15)6-16-7-11(2,3)4/h8H,5-7H2,1-4H3,(H,12,13)(H,14,15)/t8-/m1/s1. The third-order valence-corrected chi connectivity index (χ3v) is 3.41. The van der Waals surface area contributed by atoms with Crippen LogP contribution in [0.1, 0.15) is 34.1 Å². The number of carbonyl (C=O) groups is 2. The van der Waals surface area contributed by atoms with Crippen molar-refractivity contribution < 1.29 is 14.7 Å². The van der Waals surface area contributed by atoms with Crippen molar-refractivity contribution in [3.63, 3.8) is 0 Å². The van der Waals surface area contributed by atoms with Crippen LogP contribution in [0.15, 0.2) is 0 Å².